The van der Waals surface area contributed by atoms with Gasteiger partial charge < -0.3 is 5.73 Å². The number of aromatic nitrogens is 1. The van der Waals surface area contributed by atoms with Crippen molar-refractivity contribution < 1.29 is 8.42 Å². The van der Waals surface area contributed by atoms with Gasteiger partial charge in [-0.15, -0.1) is 0 Å². The smallest absolute Gasteiger partial charge is 0.242 e. The van der Waals surface area contributed by atoms with Gasteiger partial charge in [-0.3, -0.25) is 4.98 Å². The molecule has 7 heteroatoms. The highest BCUT2D eigenvalue weighted by Crippen LogP contribution is 2.07. The first-order chi connectivity index (χ1) is 7.47. The van der Waals surface area contributed by atoms with Crippen molar-refractivity contribution in [2.24, 2.45) is 5.73 Å². The maximum atomic E-state index is 11.7. The van der Waals surface area contributed by atoms with Crippen LogP contribution in [0.5, 0.6) is 0 Å². The van der Waals surface area contributed by atoms with E-state index in [1.54, 1.807) is 0 Å². The van der Waals surface area contributed by atoms with Crippen LogP contribution in [-0.4, -0.2) is 24.9 Å². The molecule has 1 aromatic rings. The maximum absolute atomic E-state index is 11.7. The fraction of sp³-hybridized carbons (Fsp3) is 0.333. The summed E-state index contributed by atoms with van der Waals surface area (Å²) >= 11 is 4.72. The number of rotatable bonds is 5. The molecule has 0 atom stereocenters. The summed E-state index contributed by atoms with van der Waals surface area (Å²) < 4.78 is 25.8. The predicted octanol–water partition coefficient (Wildman–Crippen LogP) is 0.404. The molecule has 16 heavy (non-hydrogen) atoms. The summed E-state index contributed by atoms with van der Waals surface area (Å²) in [6.07, 6.45) is 1.98. The molecule has 3 N–H and O–H groups in total. The van der Waals surface area contributed by atoms with Crippen LogP contribution >= 0.6 is 12.2 Å². The van der Waals surface area contributed by atoms with E-state index in [-0.39, 0.29) is 9.88 Å². The van der Waals surface area contributed by atoms with E-state index in [1.165, 1.54) is 18.3 Å². The van der Waals surface area contributed by atoms with Crippen LogP contribution in [0.25, 0.3) is 0 Å². The van der Waals surface area contributed by atoms with Gasteiger partial charge in [-0.05, 0) is 18.6 Å². The summed E-state index contributed by atoms with van der Waals surface area (Å²) in [6.45, 7) is 2.29. The molecule has 0 spiro atoms. The molecular weight excluding hydrogens is 246 g/mol. The molecule has 0 unspecified atom stereocenters. The minimum absolute atomic E-state index is 0.112. The highest BCUT2D eigenvalue weighted by Gasteiger charge is 2.13. The molecule has 88 valence electrons. The molecule has 0 aliphatic carbocycles. The van der Waals surface area contributed by atoms with Crippen molar-refractivity contribution >= 4 is 27.2 Å². The Morgan fingerprint density at radius 2 is 2.25 bits per heavy atom. The van der Waals surface area contributed by atoms with Crippen molar-refractivity contribution in [1.29, 1.82) is 0 Å². The Bertz CT molecular complexity index is 468. The highest BCUT2D eigenvalue weighted by atomic mass is 32.2. The molecule has 1 rings (SSSR count). The second-order valence-corrected chi connectivity index (χ2v) is 5.35. The van der Waals surface area contributed by atoms with E-state index < -0.39 is 10.0 Å². The summed E-state index contributed by atoms with van der Waals surface area (Å²) in [5, 5.41) is 0. The zero-order valence-corrected chi connectivity index (χ0v) is 10.4. The summed E-state index contributed by atoms with van der Waals surface area (Å²) in [5.41, 5.74) is 5.76. The van der Waals surface area contributed by atoms with Gasteiger partial charge in [0.15, 0.2) is 0 Å². The van der Waals surface area contributed by atoms with Crippen LogP contribution in [0.2, 0.25) is 0 Å². The summed E-state index contributed by atoms with van der Waals surface area (Å²) in [7, 11) is -3.46. The Morgan fingerprint density at radius 1 is 1.56 bits per heavy atom. The summed E-state index contributed by atoms with van der Waals surface area (Å²) in [5.74, 6) is 0. The Balaban J connectivity index is 2.93. The third-order valence-corrected chi connectivity index (χ3v) is 3.50. The molecule has 0 saturated heterocycles. The van der Waals surface area contributed by atoms with Crippen molar-refractivity contribution in [3.05, 3.63) is 24.0 Å². The molecule has 0 aliphatic rings. The van der Waals surface area contributed by atoms with Crippen LogP contribution in [0, 0.1) is 0 Å². The monoisotopic (exact) mass is 259 g/mol. The average molecular weight is 259 g/mol. The second kappa shape index (κ2) is 5.33. The fourth-order valence-corrected chi connectivity index (χ4v) is 2.20. The van der Waals surface area contributed by atoms with Crippen LogP contribution in [0.4, 0.5) is 0 Å². The van der Waals surface area contributed by atoms with Crippen LogP contribution in [0.3, 0.4) is 0 Å². The number of sulfonamides is 1. The van der Waals surface area contributed by atoms with Crippen molar-refractivity contribution in [3.8, 4) is 0 Å². The number of nitrogens with one attached hydrogen (secondary N) is 1. The van der Waals surface area contributed by atoms with Crippen molar-refractivity contribution in [2.75, 3.05) is 6.54 Å². The second-order valence-electron chi connectivity index (χ2n) is 3.14. The van der Waals surface area contributed by atoms with Gasteiger partial charge in [-0.25, -0.2) is 13.1 Å². The Morgan fingerprint density at radius 3 is 2.69 bits per heavy atom. The summed E-state index contributed by atoms with van der Waals surface area (Å²) in [6, 6.07) is 2.92. The van der Waals surface area contributed by atoms with E-state index in [9.17, 15) is 8.42 Å². The quantitative estimate of drug-likeness (QED) is 0.748. The molecule has 0 aromatic carbocycles. The number of hydrogen-bond acceptors (Lipinski definition) is 4. The minimum Gasteiger partial charge on any atom is -0.388 e. The van der Waals surface area contributed by atoms with Crippen LogP contribution in [-0.2, 0) is 10.0 Å². The molecular formula is C9H13N3O2S2. The molecule has 0 aliphatic heterocycles. The van der Waals surface area contributed by atoms with Gasteiger partial charge in [0.2, 0.25) is 10.0 Å². The zero-order chi connectivity index (χ0) is 12.2. The first kappa shape index (κ1) is 13.0. The highest BCUT2D eigenvalue weighted by molar-refractivity contribution is 7.89. The van der Waals surface area contributed by atoms with E-state index in [0.717, 1.165) is 6.42 Å². The Hall–Kier alpha value is -1.05. The van der Waals surface area contributed by atoms with Gasteiger partial charge in [0, 0.05) is 12.7 Å². The average Bonchev–Trinajstić information content (AvgIpc) is 2.26. The number of nitrogens with two attached hydrogens (primary N) is 1. The molecule has 0 bridgehead atoms. The van der Waals surface area contributed by atoms with Gasteiger partial charge in [0.05, 0.1) is 5.69 Å². The fourth-order valence-electron chi connectivity index (χ4n) is 1.00. The number of nitrogens with zero attached hydrogens (tertiary/aromatic N) is 1. The Kier molecular flexibility index (Phi) is 4.34. The van der Waals surface area contributed by atoms with Crippen LogP contribution in [0.15, 0.2) is 23.2 Å². The van der Waals surface area contributed by atoms with Gasteiger partial charge in [-0.1, -0.05) is 19.1 Å². The zero-order valence-electron chi connectivity index (χ0n) is 8.80. The van der Waals surface area contributed by atoms with Crippen molar-refractivity contribution in [1.82, 2.24) is 9.71 Å². The van der Waals surface area contributed by atoms with Gasteiger partial charge in [0.25, 0.3) is 0 Å². The largest absolute Gasteiger partial charge is 0.388 e. The number of thiocarbonyl (C=S) groups is 1. The lowest BCUT2D eigenvalue weighted by Crippen LogP contribution is -2.24. The van der Waals surface area contributed by atoms with E-state index >= 15 is 0 Å². The van der Waals surface area contributed by atoms with E-state index in [4.69, 9.17) is 18.0 Å². The molecule has 0 fully saturated rings. The topological polar surface area (TPSA) is 85.1 Å². The van der Waals surface area contributed by atoms with Crippen molar-refractivity contribution in [3.63, 3.8) is 0 Å². The summed E-state index contributed by atoms with van der Waals surface area (Å²) in [4.78, 5) is 4.12. The van der Waals surface area contributed by atoms with Gasteiger partial charge in [-0.2, -0.15) is 0 Å². The first-order valence-electron chi connectivity index (χ1n) is 4.73. The third kappa shape index (κ3) is 3.22. The van der Waals surface area contributed by atoms with E-state index in [1.807, 2.05) is 6.92 Å². The Labute approximate surface area is 100 Å². The standard InChI is InChI=1S/C9H13N3O2S2/c1-2-5-12-16(13,14)7-3-4-8(9(10)15)11-6-7/h3-4,6,12H,2,5H2,1H3,(H2,10,15). The maximum Gasteiger partial charge on any atom is 0.242 e. The molecule has 1 heterocycles. The molecule has 0 amide bonds. The van der Waals surface area contributed by atoms with Gasteiger partial charge >= 0.3 is 0 Å². The van der Waals surface area contributed by atoms with Crippen LogP contribution in [0.1, 0.15) is 19.0 Å². The van der Waals surface area contributed by atoms with Crippen molar-refractivity contribution in [2.45, 2.75) is 18.2 Å². The van der Waals surface area contributed by atoms with Gasteiger partial charge in [0.1, 0.15) is 9.88 Å². The lowest BCUT2D eigenvalue weighted by Gasteiger charge is -2.05. The molecule has 5 nitrogen and oxygen atoms in total. The first-order valence-corrected chi connectivity index (χ1v) is 6.62. The molecule has 0 radical (unpaired) electrons. The van der Waals surface area contributed by atoms with E-state index in [0.29, 0.717) is 12.2 Å². The third-order valence-electron chi connectivity index (χ3n) is 1.84. The number of pyridine rings is 1. The SMILES string of the molecule is CCCNS(=O)(=O)c1ccc(C(N)=S)nc1. The normalized spacial score (nSPS) is 11.3. The van der Waals surface area contributed by atoms with Crippen LogP contribution < -0.4 is 10.5 Å². The molecule has 0 saturated carbocycles. The minimum atomic E-state index is -3.46. The lowest BCUT2D eigenvalue weighted by atomic mass is 10.3. The van der Waals surface area contributed by atoms with E-state index in [2.05, 4.69) is 9.71 Å². The predicted molar refractivity (Wildman–Crippen MR) is 65.6 cm³/mol. The lowest BCUT2D eigenvalue weighted by molar-refractivity contribution is 0.580. The molecule has 1 aromatic heterocycles. The number of hydrogen-bond donors (Lipinski definition) is 2.